The molecule has 0 spiro atoms. The fourth-order valence-electron chi connectivity index (χ4n) is 3.68. The first-order valence-electron chi connectivity index (χ1n) is 10.2. The molecule has 2 aliphatic rings. The quantitative estimate of drug-likeness (QED) is 0.618. The molecule has 2 amide bonds. The summed E-state index contributed by atoms with van der Waals surface area (Å²) < 4.78 is 5.13. The number of hydrogen-bond donors (Lipinski definition) is 2. The van der Waals surface area contributed by atoms with Crippen molar-refractivity contribution in [3.05, 3.63) is 39.5 Å². The van der Waals surface area contributed by atoms with Crippen LogP contribution in [0.1, 0.15) is 42.3 Å². The topological polar surface area (TPSA) is 86.3 Å². The number of anilines is 2. The molecule has 31 heavy (non-hydrogen) atoms. The highest BCUT2D eigenvalue weighted by atomic mass is 35.5. The van der Waals surface area contributed by atoms with Crippen LogP contribution in [0.25, 0.3) is 0 Å². The highest BCUT2D eigenvalue weighted by Gasteiger charge is 2.43. The molecule has 0 radical (unpaired) electrons. The molecule has 0 saturated heterocycles. The van der Waals surface area contributed by atoms with E-state index in [0.717, 1.165) is 24.4 Å². The molecule has 0 aliphatic carbocycles. The number of hydrazone groups is 1. The van der Waals surface area contributed by atoms with Gasteiger partial charge in [0.15, 0.2) is 0 Å². The number of nitrogens with zero attached hydrogens (tertiary/aromatic N) is 3. The Morgan fingerprint density at radius 1 is 1.39 bits per heavy atom. The number of halogens is 1. The Morgan fingerprint density at radius 2 is 2.23 bits per heavy atom. The standard InChI is InChI=1S/C21H24ClN5O3S/c1-3-4-10-26-20(29)19-15(9-11-31-19)27-17(24-25-21(26)27)7-8-18(28)23-13-5-6-16(30-2)14(22)12-13/h5-6,9,11-12,21,25H,3-4,7-8,10H2,1-2H3,(H,23,28). The van der Waals surface area contributed by atoms with Crippen molar-refractivity contribution in [2.75, 3.05) is 23.9 Å². The van der Waals surface area contributed by atoms with Gasteiger partial charge in [-0.2, -0.15) is 5.10 Å². The van der Waals surface area contributed by atoms with Gasteiger partial charge < -0.3 is 10.1 Å². The molecule has 10 heteroatoms. The Kier molecular flexibility index (Phi) is 6.33. The molecule has 2 N–H and O–H groups in total. The maximum Gasteiger partial charge on any atom is 0.269 e. The fraction of sp³-hybridized carbons (Fsp3) is 0.381. The van der Waals surface area contributed by atoms with Gasteiger partial charge in [-0.25, -0.2) is 0 Å². The summed E-state index contributed by atoms with van der Waals surface area (Å²) in [4.78, 5) is 30.0. The second kappa shape index (κ2) is 9.15. The van der Waals surface area contributed by atoms with Gasteiger partial charge in [0.2, 0.25) is 12.2 Å². The van der Waals surface area contributed by atoms with E-state index >= 15 is 0 Å². The van der Waals surface area contributed by atoms with E-state index in [4.69, 9.17) is 16.3 Å². The van der Waals surface area contributed by atoms with E-state index in [-0.39, 0.29) is 24.5 Å². The lowest BCUT2D eigenvalue weighted by molar-refractivity contribution is -0.116. The van der Waals surface area contributed by atoms with Crippen LogP contribution in [0.5, 0.6) is 5.75 Å². The lowest BCUT2D eigenvalue weighted by atomic mass is 10.2. The third-order valence-corrected chi connectivity index (χ3v) is 6.44. The minimum absolute atomic E-state index is 0.0257. The molecule has 0 bridgehead atoms. The van der Waals surface area contributed by atoms with Crippen molar-refractivity contribution in [1.29, 1.82) is 0 Å². The summed E-state index contributed by atoms with van der Waals surface area (Å²) in [5.41, 5.74) is 4.54. The molecule has 164 valence electrons. The van der Waals surface area contributed by atoms with Crippen molar-refractivity contribution in [2.24, 2.45) is 5.10 Å². The van der Waals surface area contributed by atoms with Gasteiger partial charge in [-0.05, 0) is 36.1 Å². The number of amides is 2. The molecule has 0 saturated carbocycles. The van der Waals surface area contributed by atoms with Gasteiger partial charge in [0.1, 0.15) is 16.5 Å². The highest BCUT2D eigenvalue weighted by Crippen LogP contribution is 2.37. The third kappa shape index (κ3) is 4.20. The number of amidine groups is 1. The number of ether oxygens (including phenoxy) is 1. The zero-order chi connectivity index (χ0) is 22.0. The van der Waals surface area contributed by atoms with Crippen molar-refractivity contribution in [3.63, 3.8) is 0 Å². The molecule has 4 rings (SSSR count). The normalized spacial score (nSPS) is 17.1. The van der Waals surface area contributed by atoms with E-state index in [1.807, 2.05) is 21.2 Å². The summed E-state index contributed by atoms with van der Waals surface area (Å²) in [6.07, 6.45) is 2.25. The Morgan fingerprint density at radius 3 is 2.97 bits per heavy atom. The summed E-state index contributed by atoms with van der Waals surface area (Å²) >= 11 is 7.56. The lowest BCUT2D eigenvalue weighted by Gasteiger charge is -2.39. The van der Waals surface area contributed by atoms with E-state index in [1.165, 1.54) is 11.3 Å². The van der Waals surface area contributed by atoms with Gasteiger partial charge in [-0.3, -0.25) is 24.8 Å². The van der Waals surface area contributed by atoms with Gasteiger partial charge in [-0.1, -0.05) is 24.9 Å². The van der Waals surface area contributed by atoms with Gasteiger partial charge >= 0.3 is 0 Å². The SMILES string of the molecule is CCCCN1C(=O)c2sccc2N2C(CCC(=O)Nc3ccc(OC)c(Cl)c3)=NNC12. The summed E-state index contributed by atoms with van der Waals surface area (Å²) in [6, 6.07) is 7.04. The maximum absolute atomic E-state index is 12.9. The van der Waals surface area contributed by atoms with Crippen molar-refractivity contribution in [1.82, 2.24) is 10.3 Å². The van der Waals surface area contributed by atoms with E-state index in [1.54, 1.807) is 25.3 Å². The number of unbranched alkanes of at least 4 members (excludes halogenated alkanes) is 1. The van der Waals surface area contributed by atoms with Gasteiger partial charge in [0, 0.05) is 25.1 Å². The Hall–Kier alpha value is -2.78. The lowest BCUT2D eigenvalue weighted by Crippen LogP contribution is -2.58. The number of fused-ring (bicyclic) bond motifs is 3. The maximum atomic E-state index is 12.9. The van der Waals surface area contributed by atoms with E-state index in [2.05, 4.69) is 22.8 Å². The molecule has 1 unspecified atom stereocenters. The van der Waals surface area contributed by atoms with Crippen molar-refractivity contribution < 1.29 is 14.3 Å². The smallest absolute Gasteiger partial charge is 0.269 e. The second-order valence-electron chi connectivity index (χ2n) is 7.29. The van der Waals surface area contributed by atoms with Gasteiger partial charge in [0.05, 0.1) is 17.8 Å². The first-order chi connectivity index (χ1) is 15.0. The Labute approximate surface area is 189 Å². The number of carbonyl (C=O) groups is 2. The molecule has 1 aromatic carbocycles. The average Bonchev–Trinajstić information content (AvgIpc) is 3.39. The summed E-state index contributed by atoms with van der Waals surface area (Å²) in [5, 5.41) is 9.65. The highest BCUT2D eigenvalue weighted by molar-refractivity contribution is 7.12. The Balaban J connectivity index is 1.43. The zero-order valence-electron chi connectivity index (χ0n) is 17.4. The number of rotatable bonds is 8. The summed E-state index contributed by atoms with van der Waals surface area (Å²) in [6.45, 7) is 2.75. The zero-order valence-corrected chi connectivity index (χ0v) is 18.9. The van der Waals surface area contributed by atoms with Crippen LogP contribution < -0.4 is 20.4 Å². The first kappa shape index (κ1) is 21.5. The van der Waals surface area contributed by atoms with Crippen LogP contribution in [0.3, 0.4) is 0 Å². The van der Waals surface area contributed by atoms with Crippen LogP contribution >= 0.6 is 22.9 Å². The van der Waals surface area contributed by atoms with E-state index in [9.17, 15) is 9.59 Å². The van der Waals surface area contributed by atoms with Crippen LogP contribution in [-0.4, -0.2) is 42.5 Å². The van der Waals surface area contributed by atoms with Crippen LogP contribution in [0.4, 0.5) is 11.4 Å². The van der Waals surface area contributed by atoms with Crippen LogP contribution in [-0.2, 0) is 4.79 Å². The predicted octanol–water partition coefficient (Wildman–Crippen LogP) is 4.09. The molecular formula is C21H24ClN5O3S. The average molecular weight is 462 g/mol. The molecule has 8 nitrogen and oxygen atoms in total. The van der Waals surface area contributed by atoms with Gasteiger partial charge in [0.25, 0.3) is 5.91 Å². The van der Waals surface area contributed by atoms with Crippen LogP contribution in [0.2, 0.25) is 5.02 Å². The van der Waals surface area contributed by atoms with Crippen molar-refractivity contribution in [3.8, 4) is 5.75 Å². The summed E-state index contributed by atoms with van der Waals surface area (Å²) in [5.74, 6) is 1.17. The molecule has 0 fully saturated rings. The number of hydrogen-bond acceptors (Lipinski definition) is 7. The summed E-state index contributed by atoms with van der Waals surface area (Å²) in [7, 11) is 1.54. The van der Waals surface area contributed by atoms with Crippen molar-refractivity contribution in [2.45, 2.75) is 38.9 Å². The minimum atomic E-state index is -0.348. The molecule has 2 aromatic rings. The van der Waals surface area contributed by atoms with E-state index < -0.39 is 0 Å². The van der Waals surface area contributed by atoms with Crippen molar-refractivity contribution >= 4 is 52.0 Å². The molecule has 2 aliphatic heterocycles. The van der Waals surface area contributed by atoms with E-state index in [0.29, 0.717) is 34.3 Å². The minimum Gasteiger partial charge on any atom is -0.495 e. The fourth-order valence-corrected chi connectivity index (χ4v) is 4.78. The molecule has 1 atom stereocenters. The third-order valence-electron chi connectivity index (χ3n) is 5.25. The number of carbonyl (C=O) groups excluding carboxylic acids is 2. The molecule has 1 aromatic heterocycles. The molecular weight excluding hydrogens is 438 g/mol. The first-order valence-corrected chi connectivity index (χ1v) is 11.4. The number of benzene rings is 1. The molecule has 3 heterocycles. The predicted molar refractivity (Wildman–Crippen MR) is 123 cm³/mol. The Bertz CT molecular complexity index is 1020. The number of methoxy groups -OCH3 is 1. The number of nitrogens with one attached hydrogen (secondary N) is 2. The van der Waals surface area contributed by atoms with Crippen LogP contribution in [0, 0.1) is 0 Å². The van der Waals surface area contributed by atoms with Gasteiger partial charge in [-0.15, -0.1) is 11.3 Å². The number of thiophene rings is 1. The monoisotopic (exact) mass is 461 g/mol. The largest absolute Gasteiger partial charge is 0.495 e. The second-order valence-corrected chi connectivity index (χ2v) is 8.61. The van der Waals surface area contributed by atoms with Crippen LogP contribution in [0.15, 0.2) is 34.7 Å².